The zero-order valence-corrected chi connectivity index (χ0v) is 8.78. The Morgan fingerprint density at radius 3 is 2.46 bits per heavy atom. The fourth-order valence-electron chi connectivity index (χ4n) is 0.990. The van der Waals surface area contributed by atoms with Crippen molar-refractivity contribution in [1.29, 1.82) is 0 Å². The molecule has 0 radical (unpaired) electrons. The fourth-order valence-corrected chi connectivity index (χ4v) is 1.25. The normalized spacial score (nSPS) is 9.69. The third-order valence-corrected chi connectivity index (χ3v) is 2.17. The van der Waals surface area contributed by atoms with E-state index in [1.54, 1.807) is 11.9 Å². The molecule has 1 rings (SSSR count). The summed E-state index contributed by atoms with van der Waals surface area (Å²) in [6.45, 7) is 0.0155. The van der Waals surface area contributed by atoms with Gasteiger partial charge in [0.15, 0.2) is 0 Å². The third kappa shape index (κ3) is 3.06. The minimum absolute atomic E-state index is 0.0155. The van der Waals surface area contributed by atoms with E-state index in [9.17, 15) is 4.79 Å². The lowest BCUT2D eigenvalue weighted by molar-refractivity contribution is -0.135. The maximum absolute atomic E-state index is 10.4. The topological polar surface area (TPSA) is 40.5 Å². The van der Waals surface area contributed by atoms with E-state index < -0.39 is 5.97 Å². The SMILES string of the molecule is CN(CC(=O)O)c1ccc(Br)cc1. The number of hydrogen-bond acceptors (Lipinski definition) is 2. The molecule has 0 saturated carbocycles. The van der Waals surface area contributed by atoms with Gasteiger partial charge in [-0.15, -0.1) is 0 Å². The summed E-state index contributed by atoms with van der Waals surface area (Å²) in [6.07, 6.45) is 0. The fraction of sp³-hybridized carbons (Fsp3) is 0.222. The van der Waals surface area contributed by atoms with Crippen LogP contribution < -0.4 is 4.90 Å². The quantitative estimate of drug-likeness (QED) is 0.883. The van der Waals surface area contributed by atoms with E-state index in [1.165, 1.54) is 0 Å². The zero-order valence-electron chi connectivity index (χ0n) is 7.20. The summed E-state index contributed by atoms with van der Waals surface area (Å²) < 4.78 is 0.986. The van der Waals surface area contributed by atoms with Crippen LogP contribution in [0.15, 0.2) is 28.7 Å². The molecule has 3 nitrogen and oxygen atoms in total. The number of likely N-dealkylation sites (N-methyl/N-ethyl adjacent to an activating group) is 1. The van der Waals surface area contributed by atoms with Gasteiger partial charge in [-0.25, -0.2) is 0 Å². The lowest BCUT2D eigenvalue weighted by atomic mass is 10.3. The first-order valence-electron chi connectivity index (χ1n) is 3.78. The minimum atomic E-state index is -0.828. The van der Waals surface area contributed by atoms with E-state index in [1.807, 2.05) is 24.3 Å². The van der Waals surface area contributed by atoms with Crippen LogP contribution in [0.4, 0.5) is 5.69 Å². The number of carbonyl (C=O) groups is 1. The van der Waals surface area contributed by atoms with E-state index >= 15 is 0 Å². The summed E-state index contributed by atoms with van der Waals surface area (Å²) in [5.41, 5.74) is 0.894. The molecule has 0 aliphatic carbocycles. The Bertz CT molecular complexity index is 297. The van der Waals surface area contributed by atoms with Crippen molar-refractivity contribution in [2.24, 2.45) is 0 Å². The van der Waals surface area contributed by atoms with Crippen LogP contribution in [-0.2, 0) is 4.79 Å². The van der Waals surface area contributed by atoms with Crippen LogP contribution in [-0.4, -0.2) is 24.7 Å². The standard InChI is InChI=1S/C9H10BrNO2/c1-11(6-9(12)13)8-4-2-7(10)3-5-8/h2-5H,6H2,1H3,(H,12,13). The van der Waals surface area contributed by atoms with Gasteiger partial charge < -0.3 is 10.0 Å². The van der Waals surface area contributed by atoms with E-state index in [4.69, 9.17) is 5.11 Å². The van der Waals surface area contributed by atoms with Crippen molar-refractivity contribution in [2.75, 3.05) is 18.5 Å². The van der Waals surface area contributed by atoms with Crippen molar-refractivity contribution in [3.05, 3.63) is 28.7 Å². The van der Waals surface area contributed by atoms with Gasteiger partial charge in [0.25, 0.3) is 0 Å². The van der Waals surface area contributed by atoms with E-state index in [-0.39, 0.29) is 6.54 Å². The predicted octanol–water partition coefficient (Wildman–Crippen LogP) is 1.97. The average Bonchev–Trinajstić information content (AvgIpc) is 2.04. The summed E-state index contributed by atoms with van der Waals surface area (Å²) in [5, 5.41) is 8.55. The molecule has 0 aliphatic rings. The van der Waals surface area contributed by atoms with Crippen LogP contribution in [0.1, 0.15) is 0 Å². The highest BCUT2D eigenvalue weighted by Gasteiger charge is 2.04. The first-order valence-corrected chi connectivity index (χ1v) is 4.57. The Kier molecular flexibility index (Phi) is 3.31. The Balaban J connectivity index is 2.71. The highest BCUT2D eigenvalue weighted by molar-refractivity contribution is 9.10. The first-order chi connectivity index (χ1) is 6.09. The van der Waals surface area contributed by atoms with Gasteiger partial charge >= 0.3 is 5.97 Å². The number of halogens is 1. The largest absolute Gasteiger partial charge is 0.480 e. The lowest BCUT2D eigenvalue weighted by Crippen LogP contribution is -2.24. The summed E-state index contributed by atoms with van der Waals surface area (Å²) in [7, 11) is 1.75. The van der Waals surface area contributed by atoms with Gasteiger partial charge in [-0.2, -0.15) is 0 Å². The van der Waals surface area contributed by atoms with Crippen LogP contribution in [0.5, 0.6) is 0 Å². The molecule has 0 heterocycles. The molecule has 70 valence electrons. The molecule has 0 aromatic heterocycles. The number of hydrogen-bond donors (Lipinski definition) is 1. The predicted molar refractivity (Wildman–Crippen MR) is 55.0 cm³/mol. The molecule has 0 fully saturated rings. The Morgan fingerprint density at radius 1 is 1.46 bits per heavy atom. The Morgan fingerprint density at radius 2 is 2.00 bits per heavy atom. The summed E-state index contributed by atoms with van der Waals surface area (Å²) in [5.74, 6) is -0.828. The Hall–Kier alpha value is -1.03. The van der Waals surface area contributed by atoms with Crippen molar-refractivity contribution < 1.29 is 9.90 Å². The van der Waals surface area contributed by atoms with Gasteiger partial charge in [-0.3, -0.25) is 4.79 Å². The van der Waals surface area contributed by atoms with Crippen molar-refractivity contribution in [1.82, 2.24) is 0 Å². The van der Waals surface area contributed by atoms with Crippen LogP contribution in [0.2, 0.25) is 0 Å². The number of rotatable bonds is 3. The molecule has 0 bridgehead atoms. The molecule has 1 aromatic carbocycles. The molecule has 13 heavy (non-hydrogen) atoms. The molecule has 0 spiro atoms. The van der Waals surface area contributed by atoms with E-state index in [2.05, 4.69) is 15.9 Å². The molecule has 0 amide bonds. The van der Waals surface area contributed by atoms with Gasteiger partial charge in [-0.1, -0.05) is 15.9 Å². The van der Waals surface area contributed by atoms with Crippen molar-refractivity contribution in [2.45, 2.75) is 0 Å². The Labute approximate surface area is 85.1 Å². The van der Waals surface area contributed by atoms with E-state index in [0.29, 0.717) is 0 Å². The van der Waals surface area contributed by atoms with Gasteiger partial charge in [0.1, 0.15) is 6.54 Å². The molecular formula is C9H10BrNO2. The molecule has 4 heteroatoms. The summed E-state index contributed by atoms with van der Waals surface area (Å²) in [6, 6.07) is 7.50. The first kappa shape index (κ1) is 10.1. The maximum Gasteiger partial charge on any atom is 0.323 e. The summed E-state index contributed by atoms with van der Waals surface area (Å²) >= 11 is 3.31. The van der Waals surface area contributed by atoms with Crippen LogP contribution in [0.3, 0.4) is 0 Å². The molecule has 1 N–H and O–H groups in total. The molecule has 0 atom stereocenters. The zero-order chi connectivity index (χ0) is 9.84. The second-order valence-corrected chi connectivity index (χ2v) is 3.64. The number of carboxylic acid groups (broad SMARTS) is 1. The lowest BCUT2D eigenvalue weighted by Gasteiger charge is -2.16. The highest BCUT2D eigenvalue weighted by atomic mass is 79.9. The van der Waals surface area contributed by atoms with Gasteiger partial charge in [0, 0.05) is 17.2 Å². The van der Waals surface area contributed by atoms with Crippen molar-refractivity contribution in [3.63, 3.8) is 0 Å². The van der Waals surface area contributed by atoms with Gasteiger partial charge in [0.2, 0.25) is 0 Å². The minimum Gasteiger partial charge on any atom is -0.480 e. The summed E-state index contributed by atoms with van der Waals surface area (Å²) in [4.78, 5) is 12.1. The average molecular weight is 244 g/mol. The third-order valence-electron chi connectivity index (χ3n) is 1.64. The molecule has 0 unspecified atom stereocenters. The molecular weight excluding hydrogens is 234 g/mol. The molecule has 1 aromatic rings. The molecule has 0 saturated heterocycles. The second-order valence-electron chi connectivity index (χ2n) is 2.73. The number of carboxylic acids is 1. The number of nitrogens with zero attached hydrogens (tertiary/aromatic N) is 1. The maximum atomic E-state index is 10.4. The second kappa shape index (κ2) is 4.28. The van der Waals surface area contributed by atoms with Gasteiger partial charge in [0.05, 0.1) is 0 Å². The molecule has 0 aliphatic heterocycles. The van der Waals surface area contributed by atoms with Crippen LogP contribution in [0, 0.1) is 0 Å². The van der Waals surface area contributed by atoms with E-state index in [0.717, 1.165) is 10.2 Å². The number of anilines is 1. The van der Waals surface area contributed by atoms with Gasteiger partial charge in [-0.05, 0) is 24.3 Å². The number of aliphatic carboxylic acids is 1. The smallest absolute Gasteiger partial charge is 0.323 e. The van der Waals surface area contributed by atoms with Crippen molar-refractivity contribution >= 4 is 27.6 Å². The van der Waals surface area contributed by atoms with Crippen LogP contribution in [0.25, 0.3) is 0 Å². The van der Waals surface area contributed by atoms with Crippen molar-refractivity contribution in [3.8, 4) is 0 Å². The number of benzene rings is 1. The van der Waals surface area contributed by atoms with Crippen LogP contribution >= 0.6 is 15.9 Å². The highest BCUT2D eigenvalue weighted by Crippen LogP contribution is 2.16. The monoisotopic (exact) mass is 243 g/mol.